The molecule has 0 amide bonds. The Morgan fingerprint density at radius 3 is 2.50 bits per heavy atom. The first kappa shape index (κ1) is 20.8. The third-order valence-corrected chi connectivity index (χ3v) is 6.84. The van der Waals surface area contributed by atoms with Crippen molar-refractivity contribution < 1.29 is 21.9 Å². The van der Waals surface area contributed by atoms with Crippen LogP contribution in [0.3, 0.4) is 0 Å². The average Bonchev–Trinajstić information content (AvgIpc) is 2.64. The van der Waals surface area contributed by atoms with Crippen molar-refractivity contribution in [2.45, 2.75) is 30.2 Å². The molecule has 5 nitrogen and oxygen atoms in total. The Hall–Kier alpha value is -1.90. The molecule has 1 N–H and O–H groups in total. The lowest BCUT2D eigenvalue weighted by Gasteiger charge is -2.32. The maximum absolute atomic E-state index is 13.6. The lowest BCUT2D eigenvalue weighted by atomic mass is 9.86. The van der Waals surface area contributed by atoms with Crippen molar-refractivity contribution in [1.82, 2.24) is 4.90 Å². The number of hydrogen-bond acceptors (Lipinski definition) is 4. The molecule has 1 aliphatic rings. The summed E-state index contributed by atoms with van der Waals surface area (Å²) >= 11 is 5.85. The molecule has 0 aliphatic heterocycles. The fraction of sp³-hybridized carbons (Fsp3) is 0.368. The Bertz CT molecular complexity index is 1010. The highest BCUT2D eigenvalue weighted by Gasteiger charge is 2.28. The topological polar surface area (TPSA) is 58.6 Å². The molecule has 28 heavy (non-hydrogen) atoms. The molecule has 0 saturated heterocycles. The van der Waals surface area contributed by atoms with Crippen molar-refractivity contribution >= 4 is 27.3 Å². The Labute approximate surface area is 168 Å². The molecule has 1 atom stereocenters. The number of anilines is 1. The number of nitrogens with zero attached hydrogens (tertiary/aromatic N) is 1. The summed E-state index contributed by atoms with van der Waals surface area (Å²) in [5.74, 6) is -1.80. The van der Waals surface area contributed by atoms with Gasteiger partial charge in [-0.05, 0) is 63.2 Å². The summed E-state index contributed by atoms with van der Waals surface area (Å²) in [5.41, 5.74) is 2.15. The largest absolute Gasteiger partial charge is 0.496 e. The minimum atomic E-state index is -4.21. The Morgan fingerprint density at radius 1 is 1.18 bits per heavy atom. The number of nitrogens with one attached hydrogen (secondary N) is 1. The first-order valence-electron chi connectivity index (χ1n) is 8.66. The van der Waals surface area contributed by atoms with Crippen molar-refractivity contribution in [3.8, 4) is 5.75 Å². The Kier molecular flexibility index (Phi) is 5.84. The number of hydrogen-bond donors (Lipinski definition) is 1. The second-order valence-corrected chi connectivity index (χ2v) is 8.99. The molecule has 1 aliphatic carbocycles. The van der Waals surface area contributed by atoms with E-state index >= 15 is 0 Å². The number of methoxy groups -OCH3 is 1. The maximum Gasteiger partial charge on any atom is 0.263 e. The molecule has 9 heteroatoms. The van der Waals surface area contributed by atoms with Crippen LogP contribution >= 0.6 is 11.6 Å². The highest BCUT2D eigenvalue weighted by Crippen LogP contribution is 2.37. The minimum absolute atomic E-state index is 0.314. The van der Waals surface area contributed by atoms with Crippen LogP contribution in [-0.2, 0) is 22.9 Å². The van der Waals surface area contributed by atoms with E-state index < -0.39 is 26.6 Å². The fourth-order valence-electron chi connectivity index (χ4n) is 3.47. The second kappa shape index (κ2) is 7.85. The molecule has 1 unspecified atom stereocenters. The summed E-state index contributed by atoms with van der Waals surface area (Å²) < 4.78 is 60.3. The van der Waals surface area contributed by atoms with E-state index in [1.807, 2.05) is 14.1 Å². The van der Waals surface area contributed by atoms with Gasteiger partial charge in [0.05, 0.1) is 17.8 Å². The molecule has 3 rings (SSSR count). The zero-order valence-electron chi connectivity index (χ0n) is 15.7. The van der Waals surface area contributed by atoms with Gasteiger partial charge in [-0.25, -0.2) is 17.2 Å². The molecule has 0 spiro atoms. The number of benzene rings is 2. The quantitative estimate of drug-likeness (QED) is 0.732. The summed E-state index contributed by atoms with van der Waals surface area (Å²) in [7, 11) is 1.36. The van der Waals surface area contributed by atoms with Crippen molar-refractivity contribution in [3.63, 3.8) is 0 Å². The SMILES string of the molecule is COc1ccc(NS(=O)(=O)c2cc(F)c(F)cc2Cl)c2c1CC(N(C)C)CC2. The fourth-order valence-corrected chi connectivity index (χ4v) is 5.09. The number of sulfonamides is 1. The second-order valence-electron chi connectivity index (χ2n) is 6.93. The van der Waals surface area contributed by atoms with Crippen molar-refractivity contribution in [1.29, 1.82) is 0 Å². The summed E-state index contributed by atoms with van der Waals surface area (Å²) in [4.78, 5) is 1.61. The van der Waals surface area contributed by atoms with Crippen molar-refractivity contribution in [2.75, 3.05) is 25.9 Å². The molecule has 0 heterocycles. The summed E-state index contributed by atoms with van der Waals surface area (Å²) in [6.45, 7) is 0. The van der Waals surface area contributed by atoms with E-state index in [9.17, 15) is 17.2 Å². The molecule has 0 saturated carbocycles. The van der Waals surface area contributed by atoms with Crippen LogP contribution in [0.5, 0.6) is 5.75 Å². The third-order valence-electron chi connectivity index (χ3n) is 5.01. The van der Waals surface area contributed by atoms with Crippen LogP contribution < -0.4 is 9.46 Å². The van der Waals surface area contributed by atoms with Gasteiger partial charge in [0, 0.05) is 11.6 Å². The normalized spacial score (nSPS) is 16.8. The lowest BCUT2D eigenvalue weighted by molar-refractivity contribution is 0.265. The summed E-state index contributed by atoms with van der Waals surface area (Å²) in [5, 5.41) is -0.388. The molecule has 152 valence electrons. The Balaban J connectivity index is 2.02. The zero-order chi connectivity index (χ0) is 20.6. The standard InChI is InChI=1S/C19H21ClF2N2O3S/c1-24(2)11-4-5-12-13(8-11)18(27-3)7-6-17(12)23-28(25,26)19-10-16(22)15(21)9-14(19)20/h6-7,9-11,23H,4-5,8H2,1-3H3. The molecular weight excluding hydrogens is 410 g/mol. The van der Waals surface area contributed by atoms with Gasteiger partial charge in [-0.3, -0.25) is 4.72 Å². The average molecular weight is 431 g/mol. The van der Waals surface area contributed by atoms with Crippen LogP contribution in [-0.4, -0.2) is 40.6 Å². The molecule has 2 aromatic rings. The summed E-state index contributed by atoms with van der Waals surface area (Å²) in [6.07, 6.45) is 2.22. The zero-order valence-corrected chi connectivity index (χ0v) is 17.3. The van der Waals surface area contributed by atoms with E-state index in [-0.39, 0.29) is 5.02 Å². The molecular formula is C19H21ClF2N2O3S. The van der Waals surface area contributed by atoms with Gasteiger partial charge >= 0.3 is 0 Å². The van der Waals surface area contributed by atoms with E-state index in [1.54, 1.807) is 19.2 Å². The molecule has 0 aromatic heterocycles. The number of rotatable bonds is 5. The van der Waals surface area contributed by atoms with E-state index in [0.717, 1.165) is 17.5 Å². The predicted octanol–water partition coefficient (Wildman–Crippen LogP) is 3.85. The van der Waals surface area contributed by atoms with Crippen molar-refractivity contribution in [2.24, 2.45) is 0 Å². The first-order chi connectivity index (χ1) is 13.1. The van der Waals surface area contributed by atoms with E-state index in [4.69, 9.17) is 16.3 Å². The lowest BCUT2D eigenvalue weighted by Crippen LogP contribution is -2.34. The smallest absolute Gasteiger partial charge is 0.263 e. The van der Waals surface area contributed by atoms with Gasteiger partial charge in [0.1, 0.15) is 10.6 Å². The highest BCUT2D eigenvalue weighted by atomic mass is 35.5. The summed E-state index contributed by atoms with van der Waals surface area (Å²) in [6, 6.07) is 4.85. The van der Waals surface area contributed by atoms with E-state index in [0.29, 0.717) is 42.5 Å². The number of ether oxygens (including phenoxy) is 1. The first-order valence-corrected chi connectivity index (χ1v) is 10.5. The molecule has 0 radical (unpaired) electrons. The third kappa shape index (κ3) is 3.94. The van der Waals surface area contributed by atoms with Gasteiger partial charge in [0.25, 0.3) is 10.0 Å². The van der Waals surface area contributed by atoms with Crippen LogP contribution in [0.4, 0.5) is 14.5 Å². The van der Waals surface area contributed by atoms with Crippen LogP contribution in [0.1, 0.15) is 17.5 Å². The van der Waals surface area contributed by atoms with Gasteiger partial charge in [0.15, 0.2) is 11.6 Å². The van der Waals surface area contributed by atoms with Crippen LogP contribution in [0.25, 0.3) is 0 Å². The molecule has 2 aromatic carbocycles. The number of likely N-dealkylation sites (N-methyl/N-ethyl adjacent to an activating group) is 1. The minimum Gasteiger partial charge on any atom is -0.496 e. The van der Waals surface area contributed by atoms with Gasteiger partial charge in [-0.2, -0.15) is 0 Å². The van der Waals surface area contributed by atoms with Gasteiger partial charge in [-0.15, -0.1) is 0 Å². The van der Waals surface area contributed by atoms with Gasteiger partial charge < -0.3 is 9.64 Å². The number of fused-ring (bicyclic) bond motifs is 1. The van der Waals surface area contributed by atoms with Gasteiger partial charge in [-0.1, -0.05) is 11.6 Å². The molecule has 0 bridgehead atoms. The van der Waals surface area contributed by atoms with E-state index in [1.165, 1.54) is 0 Å². The molecule has 0 fully saturated rings. The van der Waals surface area contributed by atoms with E-state index in [2.05, 4.69) is 9.62 Å². The monoisotopic (exact) mass is 430 g/mol. The predicted molar refractivity (Wildman–Crippen MR) is 105 cm³/mol. The Morgan fingerprint density at radius 2 is 1.86 bits per heavy atom. The van der Waals surface area contributed by atoms with Crippen LogP contribution in [0.2, 0.25) is 5.02 Å². The van der Waals surface area contributed by atoms with Crippen LogP contribution in [0.15, 0.2) is 29.2 Å². The van der Waals surface area contributed by atoms with Crippen LogP contribution in [0, 0.1) is 11.6 Å². The maximum atomic E-state index is 13.6. The van der Waals surface area contributed by atoms with Crippen molar-refractivity contribution in [3.05, 3.63) is 52.0 Å². The van der Waals surface area contributed by atoms with Gasteiger partial charge in [0.2, 0.25) is 0 Å². The highest BCUT2D eigenvalue weighted by molar-refractivity contribution is 7.92. The number of halogens is 3.